The smallest absolute Gasteiger partial charge is 0.231 e. The normalized spacial score (nSPS) is 19.0. The first-order chi connectivity index (χ1) is 9.78. The highest BCUT2D eigenvalue weighted by Gasteiger charge is 2.22. The highest BCUT2D eigenvalue weighted by Crippen LogP contribution is 2.27. The fourth-order valence-corrected chi connectivity index (χ4v) is 2.38. The molecule has 106 valence electrons. The molecule has 0 bridgehead atoms. The Morgan fingerprint density at radius 2 is 2.35 bits per heavy atom. The van der Waals surface area contributed by atoms with Gasteiger partial charge in [0.15, 0.2) is 0 Å². The number of rotatable bonds is 3. The van der Waals surface area contributed by atoms with Gasteiger partial charge in [0.05, 0.1) is 18.6 Å². The predicted octanol–water partition coefficient (Wildman–Crippen LogP) is 2.35. The van der Waals surface area contributed by atoms with E-state index in [0.717, 1.165) is 25.9 Å². The summed E-state index contributed by atoms with van der Waals surface area (Å²) in [5.41, 5.74) is 0.324. The Kier molecular flexibility index (Phi) is 3.64. The number of ether oxygens (including phenoxy) is 1. The van der Waals surface area contributed by atoms with E-state index in [1.54, 1.807) is 12.1 Å². The summed E-state index contributed by atoms with van der Waals surface area (Å²) in [6, 6.07) is 4.59. The first-order valence-corrected chi connectivity index (χ1v) is 6.66. The highest BCUT2D eigenvalue weighted by atomic mass is 19.1. The van der Waals surface area contributed by atoms with Crippen LogP contribution in [0.5, 0.6) is 5.75 Å². The molecule has 2 aromatic rings. The molecule has 2 heterocycles. The van der Waals surface area contributed by atoms with Crippen molar-refractivity contribution in [3.63, 3.8) is 0 Å². The molecule has 5 nitrogen and oxygen atoms in total. The van der Waals surface area contributed by atoms with E-state index in [1.165, 1.54) is 13.2 Å². The monoisotopic (exact) mass is 277 g/mol. The molecule has 0 aliphatic carbocycles. The first-order valence-electron chi connectivity index (χ1n) is 6.66. The lowest BCUT2D eigenvalue weighted by atomic mass is 10.00. The Balaban J connectivity index is 1.85. The van der Waals surface area contributed by atoms with E-state index in [4.69, 9.17) is 9.26 Å². The largest absolute Gasteiger partial charge is 0.497 e. The molecular weight excluding hydrogens is 261 g/mol. The van der Waals surface area contributed by atoms with Crippen molar-refractivity contribution in [2.45, 2.75) is 18.8 Å². The zero-order chi connectivity index (χ0) is 13.9. The van der Waals surface area contributed by atoms with Crippen LogP contribution in [0.3, 0.4) is 0 Å². The predicted molar refractivity (Wildman–Crippen MR) is 71.1 cm³/mol. The molecule has 0 radical (unpaired) electrons. The van der Waals surface area contributed by atoms with Crippen LogP contribution in [0.25, 0.3) is 11.4 Å². The van der Waals surface area contributed by atoms with Gasteiger partial charge in [-0.1, -0.05) is 5.16 Å². The van der Waals surface area contributed by atoms with Gasteiger partial charge in [-0.05, 0) is 31.5 Å². The Morgan fingerprint density at radius 3 is 3.05 bits per heavy atom. The molecule has 1 aromatic heterocycles. The van der Waals surface area contributed by atoms with E-state index >= 15 is 0 Å². The fraction of sp³-hybridized carbons (Fsp3) is 0.429. The van der Waals surface area contributed by atoms with E-state index < -0.39 is 5.82 Å². The minimum Gasteiger partial charge on any atom is -0.497 e. The van der Waals surface area contributed by atoms with Crippen molar-refractivity contribution in [2.75, 3.05) is 20.2 Å². The molecule has 1 fully saturated rings. The van der Waals surface area contributed by atoms with Crippen molar-refractivity contribution in [1.82, 2.24) is 15.5 Å². The van der Waals surface area contributed by atoms with E-state index in [-0.39, 0.29) is 11.7 Å². The van der Waals surface area contributed by atoms with Crippen LogP contribution in [0.4, 0.5) is 4.39 Å². The lowest BCUT2D eigenvalue weighted by Crippen LogP contribution is -2.28. The second kappa shape index (κ2) is 5.58. The molecular formula is C14H16FN3O2. The Labute approximate surface area is 116 Å². The van der Waals surface area contributed by atoms with Gasteiger partial charge in [0.1, 0.15) is 11.6 Å². The van der Waals surface area contributed by atoms with Gasteiger partial charge in [-0.2, -0.15) is 4.98 Å². The Morgan fingerprint density at radius 1 is 1.45 bits per heavy atom. The molecule has 20 heavy (non-hydrogen) atoms. The number of hydrogen-bond acceptors (Lipinski definition) is 5. The molecule has 1 N–H and O–H groups in total. The van der Waals surface area contributed by atoms with Gasteiger partial charge < -0.3 is 14.6 Å². The minimum atomic E-state index is -0.418. The van der Waals surface area contributed by atoms with Crippen LogP contribution in [-0.2, 0) is 0 Å². The molecule has 3 rings (SSSR count). The molecule has 0 spiro atoms. The number of piperidine rings is 1. The molecule has 1 aromatic carbocycles. The van der Waals surface area contributed by atoms with Gasteiger partial charge in [-0.15, -0.1) is 0 Å². The lowest BCUT2D eigenvalue weighted by molar-refractivity contribution is 0.322. The topological polar surface area (TPSA) is 60.2 Å². The molecule has 1 atom stereocenters. The summed E-state index contributed by atoms with van der Waals surface area (Å²) in [6.45, 7) is 1.84. The van der Waals surface area contributed by atoms with Crippen LogP contribution in [0, 0.1) is 5.82 Å². The van der Waals surface area contributed by atoms with Crippen molar-refractivity contribution in [3.8, 4) is 17.1 Å². The second-order valence-electron chi connectivity index (χ2n) is 4.85. The van der Waals surface area contributed by atoms with Crippen LogP contribution in [-0.4, -0.2) is 30.3 Å². The van der Waals surface area contributed by atoms with Crippen LogP contribution in [0.2, 0.25) is 0 Å². The van der Waals surface area contributed by atoms with E-state index in [1.807, 2.05) is 0 Å². The van der Waals surface area contributed by atoms with E-state index in [9.17, 15) is 4.39 Å². The molecule has 1 aliphatic heterocycles. The van der Waals surface area contributed by atoms with Gasteiger partial charge >= 0.3 is 0 Å². The third kappa shape index (κ3) is 2.51. The summed E-state index contributed by atoms with van der Waals surface area (Å²) in [5.74, 6) is 1.12. The van der Waals surface area contributed by atoms with Crippen molar-refractivity contribution >= 4 is 0 Å². The van der Waals surface area contributed by atoms with Gasteiger partial charge in [0.25, 0.3) is 0 Å². The summed E-state index contributed by atoms with van der Waals surface area (Å²) in [7, 11) is 1.50. The summed E-state index contributed by atoms with van der Waals surface area (Å²) in [4.78, 5) is 4.32. The Bertz CT molecular complexity index is 594. The zero-order valence-electron chi connectivity index (χ0n) is 11.2. The minimum absolute atomic E-state index is 0.214. The first kappa shape index (κ1) is 13.1. The zero-order valence-corrected chi connectivity index (χ0v) is 11.2. The molecule has 1 unspecified atom stereocenters. The Hall–Kier alpha value is -1.95. The maximum absolute atomic E-state index is 14.0. The second-order valence-corrected chi connectivity index (χ2v) is 4.85. The van der Waals surface area contributed by atoms with Crippen molar-refractivity contribution in [2.24, 2.45) is 0 Å². The third-order valence-electron chi connectivity index (χ3n) is 3.51. The standard InChI is InChI=1S/C14H16FN3O2/c1-19-10-4-5-11(12(15)7-10)13-17-14(20-18-13)9-3-2-6-16-8-9/h4-5,7,9,16H,2-3,6,8H2,1H3. The highest BCUT2D eigenvalue weighted by molar-refractivity contribution is 5.56. The van der Waals surface area contributed by atoms with E-state index in [0.29, 0.717) is 17.2 Å². The molecule has 0 amide bonds. The van der Waals surface area contributed by atoms with Gasteiger partial charge in [0, 0.05) is 12.6 Å². The summed E-state index contributed by atoms with van der Waals surface area (Å²) >= 11 is 0. The number of methoxy groups -OCH3 is 1. The fourth-order valence-electron chi connectivity index (χ4n) is 2.38. The molecule has 0 saturated carbocycles. The number of benzene rings is 1. The van der Waals surface area contributed by atoms with Crippen molar-refractivity contribution < 1.29 is 13.7 Å². The van der Waals surface area contributed by atoms with Gasteiger partial charge in [-0.25, -0.2) is 4.39 Å². The molecule has 1 aliphatic rings. The van der Waals surface area contributed by atoms with Crippen LogP contribution in [0.1, 0.15) is 24.7 Å². The molecule has 6 heteroatoms. The van der Waals surface area contributed by atoms with Crippen LogP contribution < -0.4 is 10.1 Å². The number of halogens is 1. The van der Waals surface area contributed by atoms with Crippen LogP contribution >= 0.6 is 0 Å². The number of hydrogen-bond donors (Lipinski definition) is 1. The third-order valence-corrected chi connectivity index (χ3v) is 3.51. The maximum atomic E-state index is 14.0. The van der Waals surface area contributed by atoms with Crippen molar-refractivity contribution in [1.29, 1.82) is 0 Å². The lowest BCUT2D eigenvalue weighted by Gasteiger charge is -2.18. The van der Waals surface area contributed by atoms with Crippen molar-refractivity contribution in [3.05, 3.63) is 29.9 Å². The quantitative estimate of drug-likeness (QED) is 0.933. The SMILES string of the molecule is COc1ccc(-c2noc(C3CCCNC3)n2)c(F)c1. The summed E-state index contributed by atoms with van der Waals surface area (Å²) < 4.78 is 24.2. The maximum Gasteiger partial charge on any atom is 0.231 e. The number of aromatic nitrogens is 2. The number of nitrogens with one attached hydrogen (secondary N) is 1. The summed E-state index contributed by atoms with van der Waals surface area (Å²) in [5, 5.41) is 7.17. The van der Waals surface area contributed by atoms with E-state index in [2.05, 4.69) is 15.5 Å². The summed E-state index contributed by atoms with van der Waals surface area (Å²) in [6.07, 6.45) is 2.10. The van der Waals surface area contributed by atoms with Gasteiger partial charge in [0.2, 0.25) is 11.7 Å². The average molecular weight is 277 g/mol. The number of nitrogens with zero attached hydrogens (tertiary/aromatic N) is 2. The van der Waals surface area contributed by atoms with Crippen LogP contribution in [0.15, 0.2) is 22.7 Å². The van der Waals surface area contributed by atoms with Gasteiger partial charge in [-0.3, -0.25) is 0 Å². The molecule has 1 saturated heterocycles. The average Bonchev–Trinajstić information content (AvgIpc) is 2.97.